The first-order chi connectivity index (χ1) is 9.53. The van der Waals surface area contributed by atoms with Gasteiger partial charge in [-0.1, -0.05) is 35.9 Å². The molecule has 0 fully saturated rings. The smallest absolute Gasteiger partial charge is 0.0864 e. The van der Waals surface area contributed by atoms with E-state index in [-0.39, 0.29) is 5.54 Å². The minimum atomic E-state index is -0.0366. The van der Waals surface area contributed by atoms with Crippen molar-refractivity contribution in [3.63, 3.8) is 0 Å². The number of benzene rings is 2. The zero-order valence-electron chi connectivity index (χ0n) is 11.7. The van der Waals surface area contributed by atoms with Gasteiger partial charge in [0.25, 0.3) is 0 Å². The molecule has 0 bridgehead atoms. The van der Waals surface area contributed by atoms with Gasteiger partial charge in [0.1, 0.15) is 0 Å². The maximum absolute atomic E-state index is 5.97. The summed E-state index contributed by atoms with van der Waals surface area (Å²) in [4.78, 5) is 4.85. The topological polar surface area (TPSA) is 24.4 Å². The molecule has 3 heteroatoms. The molecule has 0 atom stereocenters. The predicted octanol–water partition coefficient (Wildman–Crippen LogP) is 5.06. The molecule has 1 N–H and O–H groups in total. The quantitative estimate of drug-likeness (QED) is 0.778. The van der Waals surface area contributed by atoms with Gasteiger partial charge >= 0.3 is 0 Å². The fourth-order valence-electron chi connectivity index (χ4n) is 2.50. The lowest BCUT2D eigenvalue weighted by atomic mass is 9.94. The van der Waals surface area contributed by atoms with Gasteiger partial charge in [0.15, 0.2) is 0 Å². The lowest BCUT2D eigenvalue weighted by molar-refractivity contribution is 0.596. The summed E-state index contributed by atoms with van der Waals surface area (Å²) in [6, 6.07) is 16.1. The molecule has 0 saturated carbocycles. The third kappa shape index (κ3) is 2.70. The molecule has 20 heavy (non-hydrogen) atoms. The van der Waals surface area contributed by atoms with Crippen molar-refractivity contribution in [2.45, 2.75) is 25.8 Å². The van der Waals surface area contributed by atoms with Crippen LogP contribution in [0.4, 0.5) is 11.4 Å². The normalized spacial score (nSPS) is 16.6. The number of halogens is 1. The van der Waals surface area contributed by atoms with E-state index in [1.165, 1.54) is 0 Å². The van der Waals surface area contributed by atoms with Crippen molar-refractivity contribution in [2.75, 3.05) is 5.32 Å². The predicted molar refractivity (Wildman–Crippen MR) is 86.4 cm³/mol. The fraction of sp³-hybridized carbons (Fsp3) is 0.235. The summed E-state index contributed by atoms with van der Waals surface area (Å²) >= 11 is 5.97. The van der Waals surface area contributed by atoms with E-state index < -0.39 is 0 Å². The second kappa shape index (κ2) is 4.95. The molecule has 1 aliphatic rings. The lowest BCUT2D eigenvalue weighted by Gasteiger charge is -2.26. The molecule has 0 saturated heterocycles. The monoisotopic (exact) mass is 284 g/mol. The van der Waals surface area contributed by atoms with E-state index in [2.05, 4.69) is 25.2 Å². The van der Waals surface area contributed by atoms with E-state index in [0.29, 0.717) is 0 Å². The van der Waals surface area contributed by atoms with Gasteiger partial charge in [-0.2, -0.15) is 0 Å². The van der Waals surface area contributed by atoms with E-state index in [0.717, 1.165) is 34.1 Å². The Kier molecular flexibility index (Phi) is 3.27. The number of para-hydroxylation sites is 2. The van der Waals surface area contributed by atoms with Gasteiger partial charge in [-0.25, -0.2) is 0 Å². The highest BCUT2D eigenvalue weighted by Gasteiger charge is 2.25. The van der Waals surface area contributed by atoms with Crippen LogP contribution in [0.1, 0.15) is 25.8 Å². The number of hydrogen-bond donors (Lipinski definition) is 1. The van der Waals surface area contributed by atoms with Crippen LogP contribution < -0.4 is 5.32 Å². The number of hydrogen-bond acceptors (Lipinski definition) is 2. The number of fused-ring (bicyclic) bond motifs is 1. The first kappa shape index (κ1) is 13.2. The van der Waals surface area contributed by atoms with Crippen molar-refractivity contribution in [1.82, 2.24) is 0 Å². The summed E-state index contributed by atoms with van der Waals surface area (Å²) in [7, 11) is 0. The summed E-state index contributed by atoms with van der Waals surface area (Å²) in [5.74, 6) is 0. The largest absolute Gasteiger partial charge is 0.378 e. The Morgan fingerprint density at radius 3 is 2.50 bits per heavy atom. The highest BCUT2D eigenvalue weighted by Crippen LogP contribution is 2.33. The van der Waals surface area contributed by atoms with Crippen LogP contribution in [0.5, 0.6) is 0 Å². The first-order valence-electron chi connectivity index (χ1n) is 6.74. The molecule has 0 amide bonds. The van der Waals surface area contributed by atoms with Crippen molar-refractivity contribution in [3.05, 3.63) is 59.1 Å². The SMILES string of the molecule is CC1(C)CC(c2ccc(Cl)cc2)=Nc2ccccc2N1. The molecule has 0 radical (unpaired) electrons. The van der Waals surface area contributed by atoms with Crippen LogP contribution in [-0.4, -0.2) is 11.3 Å². The Morgan fingerprint density at radius 1 is 1.05 bits per heavy atom. The van der Waals surface area contributed by atoms with E-state index in [1.807, 2.05) is 42.5 Å². The van der Waals surface area contributed by atoms with Gasteiger partial charge in [0.05, 0.1) is 17.1 Å². The standard InChI is InChI=1S/C17H17ClN2/c1-17(2)11-16(12-7-9-13(18)10-8-12)19-14-5-3-4-6-15(14)20-17/h3-10,20H,11H2,1-2H3. The minimum absolute atomic E-state index is 0.0366. The van der Waals surface area contributed by atoms with Gasteiger partial charge in [-0.05, 0) is 43.7 Å². The first-order valence-corrected chi connectivity index (χ1v) is 7.12. The van der Waals surface area contributed by atoms with Crippen LogP contribution in [-0.2, 0) is 0 Å². The molecule has 102 valence electrons. The lowest BCUT2D eigenvalue weighted by Crippen LogP contribution is -2.32. The fourth-order valence-corrected chi connectivity index (χ4v) is 2.62. The van der Waals surface area contributed by atoms with Gasteiger partial charge < -0.3 is 5.32 Å². The van der Waals surface area contributed by atoms with Crippen molar-refractivity contribution >= 4 is 28.7 Å². The Labute approximate surface area is 124 Å². The summed E-state index contributed by atoms with van der Waals surface area (Å²) < 4.78 is 0. The minimum Gasteiger partial charge on any atom is -0.378 e. The number of rotatable bonds is 1. The number of aliphatic imine (C=N–C) groups is 1. The zero-order chi connectivity index (χ0) is 14.2. The van der Waals surface area contributed by atoms with Crippen molar-refractivity contribution in [3.8, 4) is 0 Å². The van der Waals surface area contributed by atoms with Crippen LogP contribution in [0, 0.1) is 0 Å². The van der Waals surface area contributed by atoms with Crippen LogP contribution in [0.2, 0.25) is 5.02 Å². The third-order valence-electron chi connectivity index (χ3n) is 3.42. The molecular formula is C17H17ClN2. The molecule has 3 rings (SSSR count). The number of anilines is 1. The second-order valence-corrected chi connectivity index (χ2v) is 6.20. The second-order valence-electron chi connectivity index (χ2n) is 5.77. The Morgan fingerprint density at radius 2 is 1.75 bits per heavy atom. The average molecular weight is 285 g/mol. The summed E-state index contributed by atoms with van der Waals surface area (Å²) in [6.45, 7) is 4.39. The van der Waals surface area contributed by atoms with Crippen LogP contribution >= 0.6 is 11.6 Å². The van der Waals surface area contributed by atoms with Gasteiger partial charge in [-0.3, -0.25) is 4.99 Å². The third-order valence-corrected chi connectivity index (χ3v) is 3.67. The Bertz CT molecular complexity index is 657. The summed E-state index contributed by atoms with van der Waals surface area (Å²) in [5, 5.41) is 4.32. The highest BCUT2D eigenvalue weighted by atomic mass is 35.5. The molecule has 0 spiro atoms. The van der Waals surface area contributed by atoms with E-state index in [1.54, 1.807) is 0 Å². The number of nitrogens with one attached hydrogen (secondary N) is 1. The maximum Gasteiger partial charge on any atom is 0.0864 e. The molecular weight excluding hydrogens is 268 g/mol. The van der Waals surface area contributed by atoms with Gasteiger partial charge in [0.2, 0.25) is 0 Å². The zero-order valence-corrected chi connectivity index (χ0v) is 12.4. The summed E-state index contributed by atoms with van der Waals surface area (Å²) in [6.07, 6.45) is 0.864. The van der Waals surface area contributed by atoms with Crippen molar-refractivity contribution in [1.29, 1.82) is 0 Å². The Balaban J connectivity index is 2.10. The Hall–Kier alpha value is -1.80. The van der Waals surface area contributed by atoms with E-state index in [4.69, 9.17) is 16.6 Å². The maximum atomic E-state index is 5.97. The molecule has 2 aromatic rings. The van der Waals surface area contributed by atoms with Gasteiger partial charge in [-0.15, -0.1) is 0 Å². The van der Waals surface area contributed by atoms with Gasteiger partial charge in [0, 0.05) is 17.0 Å². The molecule has 0 aliphatic carbocycles. The molecule has 0 aromatic heterocycles. The molecule has 0 unspecified atom stereocenters. The van der Waals surface area contributed by atoms with Crippen LogP contribution in [0.15, 0.2) is 53.5 Å². The number of nitrogens with zero attached hydrogens (tertiary/aromatic N) is 1. The average Bonchev–Trinajstić information content (AvgIpc) is 2.53. The van der Waals surface area contributed by atoms with E-state index in [9.17, 15) is 0 Å². The van der Waals surface area contributed by atoms with Crippen molar-refractivity contribution in [2.24, 2.45) is 4.99 Å². The van der Waals surface area contributed by atoms with E-state index >= 15 is 0 Å². The molecule has 1 heterocycles. The molecule has 2 aromatic carbocycles. The van der Waals surface area contributed by atoms with Crippen LogP contribution in [0.3, 0.4) is 0 Å². The summed E-state index contributed by atoms with van der Waals surface area (Å²) in [5.41, 5.74) is 4.25. The van der Waals surface area contributed by atoms with Crippen molar-refractivity contribution < 1.29 is 0 Å². The van der Waals surface area contributed by atoms with Crippen LogP contribution in [0.25, 0.3) is 0 Å². The highest BCUT2D eigenvalue weighted by molar-refractivity contribution is 6.30. The molecule has 2 nitrogen and oxygen atoms in total. The molecule has 1 aliphatic heterocycles.